The third-order valence-corrected chi connectivity index (χ3v) is 7.63. The molecule has 5 nitrogen and oxygen atoms in total. The summed E-state index contributed by atoms with van der Waals surface area (Å²) >= 11 is 0. The van der Waals surface area contributed by atoms with Gasteiger partial charge >= 0.3 is 0 Å². The number of hydrogen-bond donors (Lipinski definition) is 0. The van der Waals surface area contributed by atoms with Crippen LogP contribution in [-0.2, 0) is 13.1 Å². The SMILES string of the molecule is Cc1nn(C(C)C)c(C)c1CN(Cc1cccnc1)CC1CCCN(C2CCCCC2)C1. The summed E-state index contributed by atoms with van der Waals surface area (Å²) in [6.07, 6.45) is 13.7. The van der Waals surface area contributed by atoms with Gasteiger partial charge in [0, 0.05) is 61.9 Å². The number of aromatic nitrogens is 3. The van der Waals surface area contributed by atoms with E-state index in [0.29, 0.717) is 6.04 Å². The molecule has 1 aliphatic heterocycles. The Morgan fingerprint density at radius 3 is 2.56 bits per heavy atom. The fraction of sp³-hybridized carbons (Fsp3) is 0.704. The highest BCUT2D eigenvalue weighted by Gasteiger charge is 2.28. The summed E-state index contributed by atoms with van der Waals surface area (Å²) in [5.41, 5.74) is 5.21. The van der Waals surface area contributed by atoms with Crippen LogP contribution in [0.3, 0.4) is 0 Å². The number of aryl methyl sites for hydroxylation is 1. The summed E-state index contributed by atoms with van der Waals surface area (Å²) < 4.78 is 2.19. The van der Waals surface area contributed by atoms with Crippen molar-refractivity contribution in [1.82, 2.24) is 24.6 Å². The van der Waals surface area contributed by atoms with Crippen LogP contribution >= 0.6 is 0 Å². The number of pyridine rings is 1. The lowest BCUT2D eigenvalue weighted by molar-refractivity contribution is 0.0770. The molecule has 3 heterocycles. The van der Waals surface area contributed by atoms with Gasteiger partial charge in [-0.05, 0) is 77.5 Å². The van der Waals surface area contributed by atoms with E-state index < -0.39 is 0 Å². The molecule has 0 spiro atoms. The Labute approximate surface area is 195 Å². The van der Waals surface area contributed by atoms with Crippen molar-refractivity contribution in [2.75, 3.05) is 19.6 Å². The molecule has 32 heavy (non-hydrogen) atoms. The summed E-state index contributed by atoms with van der Waals surface area (Å²) in [6.45, 7) is 14.5. The molecule has 1 atom stereocenters. The van der Waals surface area contributed by atoms with Crippen LogP contribution in [0.5, 0.6) is 0 Å². The number of likely N-dealkylation sites (tertiary alicyclic amines) is 1. The van der Waals surface area contributed by atoms with Crippen LogP contribution in [0.2, 0.25) is 0 Å². The van der Waals surface area contributed by atoms with Crippen LogP contribution in [0.15, 0.2) is 24.5 Å². The molecule has 176 valence electrons. The Bertz CT molecular complexity index is 837. The van der Waals surface area contributed by atoms with Crippen molar-refractivity contribution >= 4 is 0 Å². The third-order valence-electron chi connectivity index (χ3n) is 7.63. The van der Waals surface area contributed by atoms with Gasteiger partial charge in [0.15, 0.2) is 0 Å². The highest BCUT2D eigenvalue weighted by molar-refractivity contribution is 5.25. The largest absolute Gasteiger partial charge is 0.300 e. The zero-order chi connectivity index (χ0) is 22.5. The molecule has 0 radical (unpaired) electrons. The first-order valence-electron chi connectivity index (χ1n) is 12.9. The molecule has 0 N–H and O–H groups in total. The van der Waals surface area contributed by atoms with Crippen molar-refractivity contribution in [3.63, 3.8) is 0 Å². The van der Waals surface area contributed by atoms with E-state index in [2.05, 4.69) is 59.3 Å². The first kappa shape index (κ1) is 23.4. The highest BCUT2D eigenvalue weighted by atomic mass is 15.3. The van der Waals surface area contributed by atoms with E-state index in [4.69, 9.17) is 5.10 Å². The summed E-state index contributed by atoms with van der Waals surface area (Å²) in [7, 11) is 0. The normalized spacial score (nSPS) is 21.0. The maximum absolute atomic E-state index is 4.86. The first-order valence-corrected chi connectivity index (χ1v) is 12.9. The van der Waals surface area contributed by atoms with Gasteiger partial charge < -0.3 is 4.90 Å². The van der Waals surface area contributed by atoms with Gasteiger partial charge in [-0.3, -0.25) is 14.6 Å². The minimum Gasteiger partial charge on any atom is -0.300 e. The predicted molar refractivity (Wildman–Crippen MR) is 132 cm³/mol. The lowest BCUT2D eigenvalue weighted by Gasteiger charge is -2.41. The van der Waals surface area contributed by atoms with E-state index in [1.807, 2.05) is 12.4 Å². The molecule has 5 heteroatoms. The molecule has 0 amide bonds. The number of piperidine rings is 1. The molecule has 4 rings (SSSR count). The van der Waals surface area contributed by atoms with E-state index in [1.165, 1.54) is 80.6 Å². The van der Waals surface area contributed by atoms with E-state index in [0.717, 1.165) is 31.6 Å². The van der Waals surface area contributed by atoms with Crippen LogP contribution in [0.1, 0.15) is 87.3 Å². The van der Waals surface area contributed by atoms with Gasteiger partial charge in [-0.1, -0.05) is 25.3 Å². The maximum atomic E-state index is 4.86. The smallest absolute Gasteiger partial charge is 0.0641 e. The standard InChI is InChI=1S/C27H43N5/c1-21(2)32-23(4)27(22(3)29-32)20-30(17-24-10-8-14-28-16-24)18-25-11-9-15-31(19-25)26-12-6-5-7-13-26/h8,10,14,16,21,25-26H,5-7,9,11-13,15,17-20H2,1-4H3. The van der Waals surface area contributed by atoms with Gasteiger partial charge in [0.05, 0.1) is 5.69 Å². The topological polar surface area (TPSA) is 37.2 Å². The summed E-state index contributed by atoms with van der Waals surface area (Å²) in [4.78, 5) is 9.87. The molecule has 2 aliphatic rings. The van der Waals surface area contributed by atoms with Crippen LogP contribution in [0, 0.1) is 19.8 Å². The maximum Gasteiger partial charge on any atom is 0.0641 e. The second kappa shape index (κ2) is 10.9. The fourth-order valence-corrected chi connectivity index (χ4v) is 5.98. The fourth-order valence-electron chi connectivity index (χ4n) is 5.98. The lowest BCUT2D eigenvalue weighted by atomic mass is 9.90. The van der Waals surface area contributed by atoms with Crippen molar-refractivity contribution in [1.29, 1.82) is 0 Å². The molecular formula is C27H43N5. The van der Waals surface area contributed by atoms with Gasteiger partial charge in [-0.2, -0.15) is 5.10 Å². The van der Waals surface area contributed by atoms with E-state index in [9.17, 15) is 0 Å². The van der Waals surface area contributed by atoms with Gasteiger partial charge in [0.1, 0.15) is 0 Å². The second-order valence-electron chi connectivity index (χ2n) is 10.5. The summed E-state index contributed by atoms with van der Waals surface area (Å²) in [5, 5.41) is 4.86. The van der Waals surface area contributed by atoms with Gasteiger partial charge in [-0.15, -0.1) is 0 Å². The average molecular weight is 438 g/mol. The molecule has 2 fully saturated rings. The first-order chi connectivity index (χ1) is 15.5. The Kier molecular flexibility index (Phi) is 8.01. The second-order valence-corrected chi connectivity index (χ2v) is 10.5. The zero-order valence-corrected chi connectivity index (χ0v) is 20.8. The molecule has 2 aromatic rings. The molecule has 1 saturated carbocycles. The van der Waals surface area contributed by atoms with Crippen molar-refractivity contribution in [2.24, 2.45) is 5.92 Å². The van der Waals surface area contributed by atoms with E-state index in [1.54, 1.807) is 0 Å². The summed E-state index contributed by atoms with van der Waals surface area (Å²) in [5.74, 6) is 0.753. The number of rotatable bonds is 8. The van der Waals surface area contributed by atoms with E-state index in [-0.39, 0.29) is 0 Å². The zero-order valence-electron chi connectivity index (χ0n) is 20.8. The number of nitrogens with zero attached hydrogens (tertiary/aromatic N) is 5. The molecular weight excluding hydrogens is 394 g/mol. The minimum atomic E-state index is 0.400. The molecule has 2 aromatic heterocycles. The van der Waals surface area contributed by atoms with Gasteiger partial charge in [0.25, 0.3) is 0 Å². The third kappa shape index (κ3) is 5.79. The van der Waals surface area contributed by atoms with Gasteiger partial charge in [-0.25, -0.2) is 0 Å². The Morgan fingerprint density at radius 2 is 1.88 bits per heavy atom. The Morgan fingerprint density at radius 1 is 1.06 bits per heavy atom. The van der Waals surface area contributed by atoms with Crippen molar-refractivity contribution in [2.45, 2.75) is 97.8 Å². The highest BCUT2D eigenvalue weighted by Crippen LogP contribution is 2.28. The Hall–Kier alpha value is -1.72. The van der Waals surface area contributed by atoms with Crippen molar-refractivity contribution < 1.29 is 0 Å². The van der Waals surface area contributed by atoms with Crippen molar-refractivity contribution in [3.05, 3.63) is 47.0 Å². The van der Waals surface area contributed by atoms with Crippen LogP contribution in [0.25, 0.3) is 0 Å². The minimum absolute atomic E-state index is 0.400. The average Bonchev–Trinajstić information content (AvgIpc) is 3.09. The van der Waals surface area contributed by atoms with Crippen molar-refractivity contribution in [3.8, 4) is 0 Å². The summed E-state index contributed by atoms with van der Waals surface area (Å²) in [6, 6.07) is 5.52. The van der Waals surface area contributed by atoms with Crippen LogP contribution in [0.4, 0.5) is 0 Å². The van der Waals surface area contributed by atoms with E-state index >= 15 is 0 Å². The lowest BCUT2D eigenvalue weighted by Crippen LogP contribution is -2.46. The molecule has 0 aromatic carbocycles. The quantitative estimate of drug-likeness (QED) is 0.545. The van der Waals surface area contributed by atoms with Crippen LogP contribution in [-0.4, -0.2) is 50.2 Å². The molecule has 1 aliphatic carbocycles. The monoisotopic (exact) mass is 437 g/mol. The number of hydrogen-bond acceptors (Lipinski definition) is 4. The predicted octanol–water partition coefficient (Wildman–Crippen LogP) is 5.52. The molecule has 1 unspecified atom stereocenters. The Balaban J connectivity index is 1.48. The van der Waals surface area contributed by atoms with Gasteiger partial charge in [0.2, 0.25) is 0 Å². The molecule has 1 saturated heterocycles. The van der Waals surface area contributed by atoms with Crippen LogP contribution < -0.4 is 0 Å². The molecule has 0 bridgehead atoms.